The number of carboxylic acids is 1. The van der Waals surface area contributed by atoms with Gasteiger partial charge in [-0.05, 0) is 36.8 Å². The lowest BCUT2D eigenvalue weighted by atomic mass is 9.92. The Labute approximate surface area is 124 Å². The summed E-state index contributed by atoms with van der Waals surface area (Å²) in [6.07, 6.45) is 3.39. The number of rotatable bonds is 4. The summed E-state index contributed by atoms with van der Waals surface area (Å²) >= 11 is 0. The second-order valence-electron chi connectivity index (χ2n) is 7.19. The molecule has 0 amide bonds. The molecule has 1 heterocycles. The van der Waals surface area contributed by atoms with Crippen LogP contribution in [-0.2, 0) is 6.54 Å². The molecule has 0 spiro atoms. The maximum absolute atomic E-state index is 11.4. The first-order valence-corrected chi connectivity index (χ1v) is 7.59. The zero-order valence-corrected chi connectivity index (χ0v) is 12.9. The summed E-state index contributed by atoms with van der Waals surface area (Å²) in [5, 5.41) is 9.35. The van der Waals surface area contributed by atoms with E-state index >= 15 is 0 Å². The van der Waals surface area contributed by atoms with E-state index in [4.69, 9.17) is 0 Å². The average molecular weight is 286 g/mol. The molecule has 21 heavy (non-hydrogen) atoms. The molecule has 0 aliphatic heterocycles. The summed E-state index contributed by atoms with van der Waals surface area (Å²) in [4.78, 5) is 16.1. The van der Waals surface area contributed by atoms with Crippen LogP contribution < -0.4 is 0 Å². The third kappa shape index (κ3) is 2.80. The molecule has 1 aromatic carbocycles. The van der Waals surface area contributed by atoms with Gasteiger partial charge in [-0.3, -0.25) is 0 Å². The summed E-state index contributed by atoms with van der Waals surface area (Å²) in [7, 11) is 0. The van der Waals surface area contributed by atoms with Gasteiger partial charge in [-0.1, -0.05) is 26.8 Å². The monoisotopic (exact) mass is 286 g/mol. The van der Waals surface area contributed by atoms with Gasteiger partial charge in [0.15, 0.2) is 0 Å². The number of carboxylic acid groups (broad SMARTS) is 1. The van der Waals surface area contributed by atoms with Gasteiger partial charge in [0.1, 0.15) is 11.3 Å². The molecule has 4 heteroatoms. The zero-order valence-electron chi connectivity index (χ0n) is 12.9. The van der Waals surface area contributed by atoms with Crippen molar-refractivity contribution in [3.8, 4) is 0 Å². The standard InChI is InChI=1S/C17H22N2O2/c1-17(2,3)9-10-19-13-6-4-5-12(16(20)21)14(13)18-15(19)11-7-8-11/h4-6,11H,7-10H2,1-3H3,(H,20,21). The van der Waals surface area contributed by atoms with Crippen molar-refractivity contribution in [2.24, 2.45) is 5.41 Å². The smallest absolute Gasteiger partial charge is 0.337 e. The van der Waals surface area contributed by atoms with Crippen molar-refractivity contribution in [3.63, 3.8) is 0 Å². The topological polar surface area (TPSA) is 55.1 Å². The van der Waals surface area contributed by atoms with Gasteiger partial charge >= 0.3 is 5.97 Å². The molecule has 0 atom stereocenters. The first-order valence-electron chi connectivity index (χ1n) is 7.59. The van der Waals surface area contributed by atoms with E-state index in [9.17, 15) is 9.90 Å². The highest BCUT2D eigenvalue weighted by molar-refractivity contribution is 6.01. The Hall–Kier alpha value is -1.84. The highest BCUT2D eigenvalue weighted by Gasteiger charge is 2.30. The molecule has 1 aliphatic rings. The number of hydrogen-bond donors (Lipinski definition) is 1. The zero-order chi connectivity index (χ0) is 15.2. The molecule has 1 saturated carbocycles. The van der Waals surface area contributed by atoms with E-state index in [1.807, 2.05) is 12.1 Å². The van der Waals surface area contributed by atoms with Crippen LogP contribution in [0.25, 0.3) is 11.0 Å². The van der Waals surface area contributed by atoms with Crippen molar-refractivity contribution in [3.05, 3.63) is 29.6 Å². The summed E-state index contributed by atoms with van der Waals surface area (Å²) in [5.41, 5.74) is 2.16. The SMILES string of the molecule is CC(C)(C)CCn1c(C2CC2)nc2c(C(=O)O)cccc21. The van der Waals surface area contributed by atoms with Crippen molar-refractivity contribution < 1.29 is 9.90 Å². The van der Waals surface area contributed by atoms with Crippen LogP contribution in [0.4, 0.5) is 0 Å². The van der Waals surface area contributed by atoms with E-state index in [2.05, 4.69) is 30.3 Å². The van der Waals surface area contributed by atoms with E-state index in [1.165, 1.54) is 12.8 Å². The summed E-state index contributed by atoms with van der Waals surface area (Å²) < 4.78 is 2.24. The first kappa shape index (κ1) is 14.1. The van der Waals surface area contributed by atoms with Crippen LogP contribution in [0.15, 0.2) is 18.2 Å². The van der Waals surface area contributed by atoms with Crippen molar-refractivity contribution >= 4 is 17.0 Å². The minimum absolute atomic E-state index is 0.252. The van der Waals surface area contributed by atoms with Gasteiger partial charge in [0.25, 0.3) is 0 Å². The van der Waals surface area contributed by atoms with Crippen molar-refractivity contribution in [1.29, 1.82) is 0 Å². The Morgan fingerprint density at radius 2 is 2.10 bits per heavy atom. The Bertz CT molecular complexity index is 691. The number of para-hydroxylation sites is 1. The fourth-order valence-corrected chi connectivity index (χ4v) is 2.67. The third-order valence-electron chi connectivity index (χ3n) is 4.07. The number of aromatic nitrogens is 2. The minimum Gasteiger partial charge on any atom is -0.478 e. The van der Waals surface area contributed by atoms with Gasteiger partial charge in [-0.25, -0.2) is 9.78 Å². The van der Waals surface area contributed by atoms with Gasteiger partial charge in [-0.2, -0.15) is 0 Å². The fraction of sp³-hybridized carbons (Fsp3) is 0.529. The van der Waals surface area contributed by atoms with Crippen LogP contribution >= 0.6 is 0 Å². The van der Waals surface area contributed by atoms with Gasteiger partial charge in [0.05, 0.1) is 11.1 Å². The van der Waals surface area contributed by atoms with Gasteiger partial charge < -0.3 is 9.67 Å². The van der Waals surface area contributed by atoms with Crippen LogP contribution in [0.1, 0.15) is 62.1 Å². The van der Waals surface area contributed by atoms with Crippen LogP contribution in [0.5, 0.6) is 0 Å². The van der Waals surface area contributed by atoms with Gasteiger partial charge in [0, 0.05) is 12.5 Å². The largest absolute Gasteiger partial charge is 0.478 e. The molecule has 1 N–H and O–H groups in total. The summed E-state index contributed by atoms with van der Waals surface area (Å²) in [6, 6.07) is 5.45. The second-order valence-corrected chi connectivity index (χ2v) is 7.19. The number of aromatic carboxylic acids is 1. The Morgan fingerprint density at radius 3 is 2.67 bits per heavy atom. The lowest BCUT2D eigenvalue weighted by molar-refractivity contribution is 0.0699. The maximum atomic E-state index is 11.4. The molecule has 0 bridgehead atoms. The molecule has 3 rings (SSSR count). The quantitative estimate of drug-likeness (QED) is 0.922. The fourth-order valence-electron chi connectivity index (χ4n) is 2.67. The van der Waals surface area contributed by atoms with Crippen LogP contribution in [-0.4, -0.2) is 20.6 Å². The molecule has 1 aliphatic carbocycles. The van der Waals surface area contributed by atoms with E-state index in [1.54, 1.807) is 6.07 Å². The van der Waals surface area contributed by atoms with Crippen molar-refractivity contribution in [1.82, 2.24) is 9.55 Å². The number of hydrogen-bond acceptors (Lipinski definition) is 2. The molecule has 0 radical (unpaired) electrons. The Kier molecular flexibility index (Phi) is 3.27. The number of carbonyl (C=O) groups is 1. The third-order valence-corrected chi connectivity index (χ3v) is 4.07. The van der Waals surface area contributed by atoms with Gasteiger partial charge in [0.2, 0.25) is 0 Å². The van der Waals surface area contributed by atoms with Crippen molar-refractivity contribution in [2.45, 2.75) is 52.5 Å². The minimum atomic E-state index is -0.900. The predicted octanol–water partition coefficient (Wildman–Crippen LogP) is 4.05. The van der Waals surface area contributed by atoms with E-state index in [0.717, 1.165) is 24.3 Å². The van der Waals surface area contributed by atoms with Crippen LogP contribution in [0, 0.1) is 5.41 Å². The molecule has 0 saturated heterocycles. The highest BCUT2D eigenvalue weighted by Crippen LogP contribution is 2.41. The number of nitrogens with zero attached hydrogens (tertiary/aromatic N) is 2. The van der Waals surface area contributed by atoms with Crippen molar-refractivity contribution in [2.75, 3.05) is 0 Å². The normalized spacial score (nSPS) is 15.6. The Morgan fingerprint density at radius 1 is 1.38 bits per heavy atom. The lowest BCUT2D eigenvalue weighted by Gasteiger charge is -2.19. The molecular weight excluding hydrogens is 264 g/mol. The average Bonchev–Trinajstić information content (AvgIpc) is 3.16. The molecule has 2 aromatic rings. The molecular formula is C17H22N2O2. The van der Waals surface area contributed by atoms with Crippen LogP contribution in [0.3, 0.4) is 0 Å². The molecule has 4 nitrogen and oxygen atoms in total. The number of imidazole rings is 1. The number of fused-ring (bicyclic) bond motifs is 1. The predicted molar refractivity (Wildman–Crippen MR) is 82.7 cm³/mol. The summed E-state index contributed by atoms with van der Waals surface area (Å²) in [6.45, 7) is 7.58. The van der Waals surface area contributed by atoms with E-state index in [-0.39, 0.29) is 5.41 Å². The first-order chi connectivity index (χ1) is 9.87. The van der Waals surface area contributed by atoms with E-state index in [0.29, 0.717) is 17.0 Å². The van der Waals surface area contributed by atoms with Crippen LogP contribution in [0.2, 0.25) is 0 Å². The lowest BCUT2D eigenvalue weighted by Crippen LogP contribution is -2.12. The molecule has 112 valence electrons. The molecule has 0 unspecified atom stereocenters. The van der Waals surface area contributed by atoms with Gasteiger partial charge in [-0.15, -0.1) is 0 Å². The summed E-state index contributed by atoms with van der Waals surface area (Å²) in [5.74, 6) is 0.686. The maximum Gasteiger partial charge on any atom is 0.337 e. The molecule has 1 fully saturated rings. The second kappa shape index (κ2) is 4.86. The molecule has 1 aromatic heterocycles. The number of aryl methyl sites for hydroxylation is 1. The highest BCUT2D eigenvalue weighted by atomic mass is 16.4. The number of benzene rings is 1. The van der Waals surface area contributed by atoms with E-state index < -0.39 is 5.97 Å². The Balaban J connectivity index is 2.09.